The maximum Gasteiger partial charge on any atom is 0.439 e. The van der Waals surface area contributed by atoms with Crippen LogP contribution < -0.4 is 0 Å². The van der Waals surface area contributed by atoms with Crippen molar-refractivity contribution in [3.05, 3.63) is 39.9 Å². The molecule has 1 aromatic rings. The second-order valence-electron chi connectivity index (χ2n) is 4.62. The molecule has 1 amide bonds. The third-order valence-electron chi connectivity index (χ3n) is 3.20. The van der Waals surface area contributed by atoms with Crippen LogP contribution in [0.2, 0.25) is 0 Å². The number of alkyl halides is 3. The molecule has 0 saturated carbocycles. The number of halogens is 3. The van der Waals surface area contributed by atoms with Gasteiger partial charge < -0.3 is 9.84 Å². The predicted octanol–water partition coefficient (Wildman–Crippen LogP) is 2.02. The van der Waals surface area contributed by atoms with Crippen LogP contribution in [0.1, 0.15) is 12.0 Å². The van der Waals surface area contributed by atoms with E-state index in [4.69, 9.17) is 0 Å². The Kier molecular flexibility index (Phi) is 3.99. The van der Waals surface area contributed by atoms with Gasteiger partial charge in [-0.15, -0.1) is 0 Å². The van der Waals surface area contributed by atoms with E-state index < -0.39 is 29.3 Å². The minimum Gasteiger partial charge on any atom is -0.451 e. The molecule has 23 heavy (non-hydrogen) atoms. The maximum atomic E-state index is 13.1. The molecule has 1 aliphatic heterocycles. The van der Waals surface area contributed by atoms with Crippen molar-refractivity contribution in [2.75, 3.05) is 7.11 Å². The quantitative estimate of drug-likeness (QED) is 0.658. The molecule has 2 rings (SSSR count). The van der Waals surface area contributed by atoms with E-state index >= 15 is 0 Å². The van der Waals surface area contributed by atoms with Crippen LogP contribution in [0.25, 0.3) is 0 Å². The molecule has 0 spiro atoms. The van der Waals surface area contributed by atoms with Crippen molar-refractivity contribution in [2.24, 2.45) is 5.10 Å². The van der Waals surface area contributed by atoms with Gasteiger partial charge in [0.15, 0.2) is 0 Å². The average Bonchev–Trinajstić information content (AvgIpc) is 2.85. The zero-order valence-corrected chi connectivity index (χ0v) is 11.6. The van der Waals surface area contributed by atoms with E-state index in [-0.39, 0.29) is 22.0 Å². The summed E-state index contributed by atoms with van der Waals surface area (Å²) in [5.41, 5.74) is -3.96. The number of nitro groups is 1. The summed E-state index contributed by atoms with van der Waals surface area (Å²) < 4.78 is 43.5. The minimum atomic E-state index is -5.17. The van der Waals surface area contributed by atoms with E-state index in [0.29, 0.717) is 0 Å². The molecule has 8 nitrogen and oxygen atoms in total. The summed E-state index contributed by atoms with van der Waals surface area (Å²) in [6, 6.07) is 4.50. The Labute approximate surface area is 126 Å². The molecule has 1 unspecified atom stereocenters. The van der Waals surface area contributed by atoms with Gasteiger partial charge in [0.2, 0.25) is 0 Å². The van der Waals surface area contributed by atoms with Crippen molar-refractivity contribution in [2.45, 2.75) is 18.3 Å². The summed E-state index contributed by atoms with van der Waals surface area (Å²) in [4.78, 5) is 21.3. The number of carbonyl (C=O) groups is 1. The Morgan fingerprint density at radius 3 is 2.43 bits per heavy atom. The van der Waals surface area contributed by atoms with Crippen LogP contribution in [-0.4, -0.2) is 45.9 Å². The lowest BCUT2D eigenvalue weighted by Gasteiger charge is -2.31. The highest BCUT2D eigenvalue weighted by Crippen LogP contribution is 2.41. The van der Waals surface area contributed by atoms with Gasteiger partial charge in [0.25, 0.3) is 11.4 Å². The molecule has 0 bridgehead atoms. The predicted molar refractivity (Wildman–Crippen MR) is 69.5 cm³/mol. The van der Waals surface area contributed by atoms with Gasteiger partial charge in [-0.1, -0.05) is 0 Å². The van der Waals surface area contributed by atoms with E-state index in [1.54, 1.807) is 0 Å². The number of nitrogens with zero attached hydrogens (tertiary/aromatic N) is 3. The number of non-ortho nitro benzene ring substituents is 1. The Bertz CT molecular complexity index is 674. The van der Waals surface area contributed by atoms with Crippen LogP contribution in [0.3, 0.4) is 0 Å². The van der Waals surface area contributed by atoms with E-state index in [1.165, 1.54) is 12.1 Å². The topological polar surface area (TPSA) is 105 Å². The van der Waals surface area contributed by atoms with E-state index in [9.17, 15) is 33.2 Å². The third kappa shape index (κ3) is 2.82. The number of aliphatic hydroxyl groups is 1. The number of methoxy groups -OCH3 is 1. The van der Waals surface area contributed by atoms with Crippen LogP contribution >= 0.6 is 0 Å². The van der Waals surface area contributed by atoms with Crippen molar-refractivity contribution in [3.8, 4) is 0 Å². The van der Waals surface area contributed by atoms with Crippen molar-refractivity contribution in [3.63, 3.8) is 0 Å². The first-order chi connectivity index (χ1) is 10.6. The molecule has 0 fully saturated rings. The van der Waals surface area contributed by atoms with E-state index in [2.05, 4.69) is 9.84 Å². The second kappa shape index (κ2) is 5.50. The first-order valence-corrected chi connectivity index (χ1v) is 6.10. The fourth-order valence-electron chi connectivity index (χ4n) is 1.98. The number of hydrazone groups is 1. The van der Waals surface area contributed by atoms with Gasteiger partial charge in [0.05, 0.1) is 24.2 Å². The highest BCUT2D eigenvalue weighted by Gasteiger charge is 2.63. The zero-order valence-electron chi connectivity index (χ0n) is 11.6. The first-order valence-electron chi connectivity index (χ1n) is 6.10. The number of benzene rings is 1. The Balaban J connectivity index is 2.41. The SMILES string of the molecule is COC(=O)N1N=C(c2ccc([N+](=O)[O-])cc2)CC1(O)C(F)(F)F. The lowest BCUT2D eigenvalue weighted by atomic mass is 10.0. The van der Waals surface area contributed by atoms with Gasteiger partial charge in [-0.25, -0.2) is 4.79 Å². The molecule has 11 heteroatoms. The fourth-order valence-corrected chi connectivity index (χ4v) is 1.98. The molecule has 1 aliphatic rings. The summed E-state index contributed by atoms with van der Waals surface area (Å²) in [6.45, 7) is 0. The molecule has 1 atom stereocenters. The number of nitro benzene ring substituents is 1. The second-order valence-corrected chi connectivity index (χ2v) is 4.62. The molecule has 124 valence electrons. The number of carbonyl (C=O) groups excluding carboxylic acids is 1. The van der Waals surface area contributed by atoms with Gasteiger partial charge in [0, 0.05) is 12.1 Å². The number of hydrogen-bond donors (Lipinski definition) is 1. The van der Waals surface area contributed by atoms with Crippen molar-refractivity contribution < 1.29 is 32.7 Å². The summed E-state index contributed by atoms with van der Waals surface area (Å²) in [5, 5.41) is 23.7. The van der Waals surface area contributed by atoms with Gasteiger partial charge in [-0.05, 0) is 17.7 Å². The summed E-state index contributed by atoms with van der Waals surface area (Å²) in [5.74, 6) is 0. The highest BCUT2D eigenvalue weighted by atomic mass is 19.4. The molecule has 0 radical (unpaired) electrons. The Morgan fingerprint density at radius 1 is 1.43 bits per heavy atom. The molecule has 0 aliphatic carbocycles. The number of ether oxygens (including phenoxy) is 1. The third-order valence-corrected chi connectivity index (χ3v) is 3.20. The fraction of sp³-hybridized carbons (Fsp3) is 0.333. The van der Waals surface area contributed by atoms with Crippen LogP contribution in [-0.2, 0) is 4.74 Å². The molecule has 0 saturated heterocycles. The van der Waals surface area contributed by atoms with Crippen LogP contribution in [0.15, 0.2) is 29.4 Å². The van der Waals surface area contributed by atoms with Crippen LogP contribution in [0.4, 0.5) is 23.7 Å². The number of rotatable bonds is 2. The monoisotopic (exact) mass is 333 g/mol. The normalized spacial score (nSPS) is 21.1. The number of amides is 1. The lowest BCUT2D eigenvalue weighted by molar-refractivity contribution is -0.384. The summed E-state index contributed by atoms with van der Waals surface area (Å²) in [6.07, 6.45) is -7.68. The molecule has 1 aromatic carbocycles. The van der Waals surface area contributed by atoms with Crippen LogP contribution in [0.5, 0.6) is 0 Å². The standard InChI is InChI=1S/C12H10F3N3O5/c1-23-10(19)17-11(20,12(13,14)15)6-9(16-17)7-2-4-8(5-3-7)18(21)22/h2-5,20H,6H2,1H3. The zero-order chi connectivity index (χ0) is 17.4. The van der Waals surface area contributed by atoms with E-state index in [1.807, 2.05) is 0 Å². The van der Waals surface area contributed by atoms with Gasteiger partial charge in [0.1, 0.15) is 0 Å². The lowest BCUT2D eigenvalue weighted by Crippen LogP contribution is -2.56. The summed E-state index contributed by atoms with van der Waals surface area (Å²) >= 11 is 0. The highest BCUT2D eigenvalue weighted by molar-refractivity contribution is 6.03. The maximum absolute atomic E-state index is 13.1. The molecular weight excluding hydrogens is 323 g/mol. The Morgan fingerprint density at radius 2 is 2.00 bits per heavy atom. The van der Waals surface area contributed by atoms with Gasteiger partial charge in [-0.2, -0.15) is 23.3 Å². The molecule has 0 aromatic heterocycles. The summed E-state index contributed by atoms with van der Waals surface area (Å²) in [7, 11) is 0.846. The largest absolute Gasteiger partial charge is 0.451 e. The molecular formula is C12H10F3N3O5. The smallest absolute Gasteiger partial charge is 0.439 e. The average molecular weight is 333 g/mol. The number of hydrogen-bond acceptors (Lipinski definition) is 6. The Hall–Kier alpha value is -2.69. The van der Waals surface area contributed by atoms with Gasteiger partial charge >= 0.3 is 12.3 Å². The molecule has 1 N–H and O–H groups in total. The van der Waals surface area contributed by atoms with Gasteiger partial charge in [-0.3, -0.25) is 10.1 Å². The van der Waals surface area contributed by atoms with Crippen molar-refractivity contribution in [1.82, 2.24) is 5.01 Å². The van der Waals surface area contributed by atoms with Crippen molar-refractivity contribution >= 4 is 17.5 Å². The minimum absolute atomic E-state index is 0.102. The first kappa shape index (κ1) is 16.7. The van der Waals surface area contributed by atoms with Crippen molar-refractivity contribution in [1.29, 1.82) is 0 Å². The van der Waals surface area contributed by atoms with Crippen LogP contribution in [0, 0.1) is 10.1 Å². The molecule has 1 heterocycles. The van der Waals surface area contributed by atoms with E-state index in [0.717, 1.165) is 19.2 Å².